The van der Waals surface area contributed by atoms with Crippen LogP contribution in [0.25, 0.3) is 0 Å². The van der Waals surface area contributed by atoms with Crippen molar-refractivity contribution in [3.05, 3.63) is 25.0 Å². The van der Waals surface area contributed by atoms with Crippen LogP contribution in [-0.2, 0) is 0 Å². The van der Waals surface area contributed by atoms with Crippen LogP contribution in [0, 0.1) is 0 Å². The summed E-state index contributed by atoms with van der Waals surface area (Å²) in [4.78, 5) is 9.92. The van der Waals surface area contributed by atoms with Crippen molar-refractivity contribution in [3.63, 3.8) is 0 Å². The molecular formula is C8H12N4. The molecule has 0 aliphatic rings. The highest BCUT2D eigenvalue weighted by Crippen LogP contribution is 2.07. The van der Waals surface area contributed by atoms with Gasteiger partial charge in [-0.2, -0.15) is 0 Å². The molecule has 4 nitrogen and oxygen atoms in total. The van der Waals surface area contributed by atoms with Crippen molar-refractivity contribution >= 4 is 11.6 Å². The Hall–Kier alpha value is -1.58. The molecule has 0 aromatic carbocycles. The van der Waals surface area contributed by atoms with Crippen LogP contribution in [0.4, 0.5) is 11.6 Å². The van der Waals surface area contributed by atoms with Crippen LogP contribution in [0.2, 0.25) is 0 Å². The molecule has 0 fully saturated rings. The maximum atomic E-state index is 5.47. The third kappa shape index (κ3) is 1.95. The number of aromatic nitrogens is 2. The summed E-state index contributed by atoms with van der Waals surface area (Å²) in [5.74, 6) is 1.19. The lowest BCUT2D eigenvalue weighted by atomic mass is 10.5. The topological polar surface area (TPSA) is 55.0 Å². The molecule has 0 saturated heterocycles. The van der Waals surface area contributed by atoms with E-state index in [0.29, 0.717) is 5.82 Å². The van der Waals surface area contributed by atoms with Crippen molar-refractivity contribution in [2.45, 2.75) is 0 Å². The SMILES string of the molecule is C=CCN(C)c1cncc(N)n1. The van der Waals surface area contributed by atoms with Crippen LogP contribution in [-0.4, -0.2) is 23.6 Å². The maximum Gasteiger partial charge on any atom is 0.149 e. The molecule has 0 aliphatic carbocycles. The zero-order chi connectivity index (χ0) is 8.97. The molecule has 0 saturated carbocycles. The van der Waals surface area contributed by atoms with E-state index in [1.165, 1.54) is 6.20 Å². The third-order valence-corrected chi connectivity index (χ3v) is 1.43. The van der Waals surface area contributed by atoms with E-state index in [2.05, 4.69) is 16.5 Å². The zero-order valence-corrected chi connectivity index (χ0v) is 7.07. The first-order valence-electron chi connectivity index (χ1n) is 3.63. The average Bonchev–Trinajstić information content (AvgIpc) is 2.05. The molecule has 0 spiro atoms. The van der Waals surface area contributed by atoms with Crippen molar-refractivity contribution in [2.75, 3.05) is 24.2 Å². The summed E-state index contributed by atoms with van der Waals surface area (Å²) in [6.45, 7) is 4.36. The van der Waals surface area contributed by atoms with Gasteiger partial charge in [0.25, 0.3) is 0 Å². The van der Waals surface area contributed by atoms with Crippen LogP contribution in [0.1, 0.15) is 0 Å². The second-order valence-electron chi connectivity index (χ2n) is 2.47. The Labute approximate surface area is 71.7 Å². The van der Waals surface area contributed by atoms with Crippen LogP contribution >= 0.6 is 0 Å². The van der Waals surface area contributed by atoms with Gasteiger partial charge < -0.3 is 10.6 Å². The number of anilines is 2. The molecule has 1 heterocycles. The molecule has 0 atom stereocenters. The number of nitrogen functional groups attached to an aromatic ring is 1. The smallest absolute Gasteiger partial charge is 0.149 e. The van der Waals surface area contributed by atoms with Gasteiger partial charge in [0, 0.05) is 13.6 Å². The van der Waals surface area contributed by atoms with Gasteiger partial charge in [0.2, 0.25) is 0 Å². The van der Waals surface area contributed by atoms with Gasteiger partial charge in [-0.25, -0.2) is 4.98 Å². The van der Waals surface area contributed by atoms with E-state index in [-0.39, 0.29) is 0 Å². The quantitative estimate of drug-likeness (QED) is 0.667. The highest BCUT2D eigenvalue weighted by atomic mass is 15.2. The number of nitrogens with two attached hydrogens (primary N) is 1. The predicted octanol–water partition coefficient (Wildman–Crippen LogP) is 0.681. The summed E-state index contributed by atoms with van der Waals surface area (Å²) in [6, 6.07) is 0. The number of rotatable bonds is 3. The van der Waals surface area contributed by atoms with E-state index in [0.717, 1.165) is 12.4 Å². The number of nitrogens with zero attached hydrogens (tertiary/aromatic N) is 3. The number of hydrogen-bond donors (Lipinski definition) is 1. The van der Waals surface area contributed by atoms with Crippen molar-refractivity contribution in [3.8, 4) is 0 Å². The lowest BCUT2D eigenvalue weighted by molar-refractivity contribution is 0.979. The van der Waals surface area contributed by atoms with Gasteiger partial charge in [-0.05, 0) is 0 Å². The molecular weight excluding hydrogens is 152 g/mol. The normalized spacial score (nSPS) is 9.42. The first-order valence-corrected chi connectivity index (χ1v) is 3.63. The molecule has 1 aromatic heterocycles. The second kappa shape index (κ2) is 3.71. The van der Waals surface area contributed by atoms with Crippen molar-refractivity contribution in [2.24, 2.45) is 0 Å². The summed E-state index contributed by atoms with van der Waals surface area (Å²) in [6.07, 6.45) is 4.98. The predicted molar refractivity (Wildman–Crippen MR) is 49.9 cm³/mol. The molecule has 1 aromatic rings. The van der Waals surface area contributed by atoms with Gasteiger partial charge in [0.15, 0.2) is 0 Å². The third-order valence-electron chi connectivity index (χ3n) is 1.43. The molecule has 0 amide bonds. The van der Waals surface area contributed by atoms with Gasteiger partial charge in [0.05, 0.1) is 12.4 Å². The lowest BCUT2D eigenvalue weighted by Crippen LogP contribution is -2.18. The summed E-state index contributed by atoms with van der Waals surface area (Å²) in [5, 5.41) is 0. The summed E-state index contributed by atoms with van der Waals surface area (Å²) in [5.41, 5.74) is 5.47. The number of likely N-dealkylation sites (N-methyl/N-ethyl adjacent to an activating group) is 1. The molecule has 0 radical (unpaired) electrons. The second-order valence-corrected chi connectivity index (χ2v) is 2.47. The molecule has 64 valence electrons. The Morgan fingerprint density at radius 1 is 1.67 bits per heavy atom. The van der Waals surface area contributed by atoms with Gasteiger partial charge in [-0.15, -0.1) is 6.58 Å². The molecule has 0 bridgehead atoms. The highest BCUT2D eigenvalue weighted by molar-refractivity contribution is 5.40. The monoisotopic (exact) mass is 164 g/mol. The Balaban J connectivity index is 2.80. The van der Waals surface area contributed by atoms with Crippen LogP contribution < -0.4 is 10.6 Å². The van der Waals surface area contributed by atoms with E-state index in [1.54, 1.807) is 12.3 Å². The molecule has 0 unspecified atom stereocenters. The molecule has 2 N–H and O–H groups in total. The zero-order valence-electron chi connectivity index (χ0n) is 7.07. The Morgan fingerprint density at radius 3 is 3.00 bits per heavy atom. The fourth-order valence-electron chi connectivity index (χ4n) is 0.841. The largest absolute Gasteiger partial charge is 0.382 e. The van der Waals surface area contributed by atoms with Gasteiger partial charge in [-0.1, -0.05) is 6.08 Å². The van der Waals surface area contributed by atoms with E-state index >= 15 is 0 Å². The first-order chi connectivity index (χ1) is 5.74. The van der Waals surface area contributed by atoms with Crippen molar-refractivity contribution < 1.29 is 0 Å². The van der Waals surface area contributed by atoms with Crippen LogP contribution in [0.3, 0.4) is 0 Å². The lowest BCUT2D eigenvalue weighted by Gasteiger charge is -2.14. The Bertz CT molecular complexity index is 272. The molecule has 1 rings (SSSR count). The summed E-state index contributed by atoms with van der Waals surface area (Å²) < 4.78 is 0. The average molecular weight is 164 g/mol. The minimum absolute atomic E-state index is 0.434. The fourth-order valence-corrected chi connectivity index (χ4v) is 0.841. The van der Waals surface area contributed by atoms with E-state index < -0.39 is 0 Å². The molecule has 12 heavy (non-hydrogen) atoms. The van der Waals surface area contributed by atoms with Crippen LogP contribution in [0.5, 0.6) is 0 Å². The number of hydrogen-bond acceptors (Lipinski definition) is 4. The fraction of sp³-hybridized carbons (Fsp3) is 0.250. The van der Waals surface area contributed by atoms with E-state index in [1.807, 2.05) is 11.9 Å². The highest BCUT2D eigenvalue weighted by Gasteiger charge is 1.99. The van der Waals surface area contributed by atoms with Gasteiger partial charge >= 0.3 is 0 Å². The Morgan fingerprint density at radius 2 is 2.42 bits per heavy atom. The first kappa shape index (κ1) is 8.52. The standard InChI is InChI=1S/C8H12N4/c1-3-4-12(2)8-6-10-5-7(9)11-8/h3,5-6H,1,4H2,2H3,(H2,9,11). The summed E-state index contributed by atoms with van der Waals surface area (Å²) in [7, 11) is 1.91. The maximum absolute atomic E-state index is 5.47. The summed E-state index contributed by atoms with van der Waals surface area (Å²) >= 11 is 0. The molecule has 4 heteroatoms. The van der Waals surface area contributed by atoms with E-state index in [9.17, 15) is 0 Å². The minimum Gasteiger partial charge on any atom is -0.382 e. The minimum atomic E-state index is 0.434. The van der Waals surface area contributed by atoms with Crippen LogP contribution in [0.15, 0.2) is 25.0 Å². The van der Waals surface area contributed by atoms with Gasteiger partial charge in [-0.3, -0.25) is 4.98 Å². The van der Waals surface area contributed by atoms with Gasteiger partial charge in [0.1, 0.15) is 11.6 Å². The van der Waals surface area contributed by atoms with E-state index in [4.69, 9.17) is 5.73 Å². The van der Waals surface area contributed by atoms with Crippen molar-refractivity contribution in [1.82, 2.24) is 9.97 Å². The molecule has 0 aliphatic heterocycles. The Kier molecular flexibility index (Phi) is 2.63. The van der Waals surface area contributed by atoms with Crippen molar-refractivity contribution in [1.29, 1.82) is 0 Å².